The van der Waals surface area contributed by atoms with Crippen molar-refractivity contribution in [2.24, 2.45) is 0 Å². The molecule has 0 radical (unpaired) electrons. The predicted octanol–water partition coefficient (Wildman–Crippen LogP) is 10.5. The molecule has 0 spiro atoms. The molecular formula is C41H51N. The van der Waals surface area contributed by atoms with Crippen LogP contribution in [0.25, 0.3) is 0 Å². The number of benzene rings is 4. The molecule has 42 heavy (non-hydrogen) atoms. The van der Waals surface area contributed by atoms with E-state index in [1.54, 1.807) is 0 Å². The van der Waals surface area contributed by atoms with Crippen molar-refractivity contribution in [1.29, 1.82) is 0 Å². The zero-order valence-electron chi connectivity index (χ0n) is 27.2. The fourth-order valence-corrected chi connectivity index (χ4v) is 6.77. The molecule has 1 saturated heterocycles. The maximum Gasteiger partial charge on any atom is 0.0243 e. The predicted molar refractivity (Wildman–Crippen MR) is 181 cm³/mol. The van der Waals surface area contributed by atoms with Crippen LogP contribution in [-0.2, 0) is 10.8 Å². The van der Waals surface area contributed by atoms with Gasteiger partial charge in [-0.25, -0.2) is 0 Å². The lowest BCUT2D eigenvalue weighted by Gasteiger charge is -2.30. The number of rotatable bonds is 9. The van der Waals surface area contributed by atoms with Crippen molar-refractivity contribution in [1.82, 2.24) is 5.32 Å². The monoisotopic (exact) mass is 557 g/mol. The van der Waals surface area contributed by atoms with Gasteiger partial charge in [0.1, 0.15) is 0 Å². The average Bonchev–Trinajstić information content (AvgIpc) is 3.52. The van der Waals surface area contributed by atoms with Gasteiger partial charge in [-0.15, -0.1) is 0 Å². The Morgan fingerprint density at radius 2 is 0.810 bits per heavy atom. The molecule has 0 unspecified atom stereocenters. The zero-order chi connectivity index (χ0) is 30.1. The minimum Gasteiger partial charge on any atom is -0.313 e. The fraction of sp³-hybridized carbons (Fsp3) is 0.415. The van der Waals surface area contributed by atoms with Crippen LogP contribution in [0.1, 0.15) is 130 Å². The molecule has 1 heteroatoms. The maximum absolute atomic E-state index is 3.82. The molecule has 1 atom stereocenters. The summed E-state index contributed by atoms with van der Waals surface area (Å²) in [5.41, 5.74) is 11.0. The van der Waals surface area contributed by atoms with Crippen molar-refractivity contribution in [3.63, 3.8) is 0 Å². The summed E-state index contributed by atoms with van der Waals surface area (Å²) in [5.74, 6) is 1.45. The normalized spacial score (nSPS) is 16.1. The van der Waals surface area contributed by atoms with E-state index in [-0.39, 0.29) is 10.8 Å². The van der Waals surface area contributed by atoms with Gasteiger partial charge in [-0.1, -0.05) is 152 Å². The standard InChI is InChI=1S/C41H51N/c1-28(2)30-11-19-34(20-12-30)40(5,6)36-23-15-32(16-24-36)39(38-10-9-27-42-38)33-17-25-37(26-18-33)41(7,8)35-21-13-31(14-22-35)29(3)4/h11-26,28-29,38-39,42H,9-10,27H2,1-8H3/t38-/m1/s1. The molecule has 1 nitrogen and oxygen atoms in total. The summed E-state index contributed by atoms with van der Waals surface area (Å²) in [6, 6.07) is 37.9. The summed E-state index contributed by atoms with van der Waals surface area (Å²) in [6.07, 6.45) is 2.46. The lowest BCUT2D eigenvalue weighted by molar-refractivity contribution is 0.539. The number of hydrogen-bond acceptors (Lipinski definition) is 1. The van der Waals surface area contributed by atoms with Gasteiger partial charge in [0.2, 0.25) is 0 Å². The SMILES string of the molecule is CC(C)c1ccc(C(C)(C)c2ccc(C(c3ccc(C(C)(C)c4ccc(C(C)C)cc4)cc3)[C@H]3CCCN3)cc2)cc1. The van der Waals surface area contributed by atoms with Gasteiger partial charge in [0, 0.05) is 22.8 Å². The molecule has 0 aliphatic carbocycles. The summed E-state index contributed by atoms with van der Waals surface area (Å²) in [7, 11) is 0. The molecule has 0 saturated carbocycles. The molecule has 1 fully saturated rings. The third-order valence-corrected chi connectivity index (χ3v) is 10.1. The third-order valence-electron chi connectivity index (χ3n) is 10.1. The Morgan fingerprint density at radius 3 is 1.07 bits per heavy atom. The molecule has 4 aromatic carbocycles. The van der Waals surface area contributed by atoms with Crippen molar-refractivity contribution in [2.75, 3.05) is 6.54 Å². The van der Waals surface area contributed by atoms with Gasteiger partial charge in [-0.2, -0.15) is 0 Å². The van der Waals surface area contributed by atoms with Crippen LogP contribution >= 0.6 is 0 Å². The summed E-state index contributed by atoms with van der Waals surface area (Å²) in [6.45, 7) is 19.5. The highest BCUT2D eigenvalue weighted by Crippen LogP contribution is 2.38. The first-order valence-corrected chi connectivity index (χ1v) is 16.1. The Balaban J connectivity index is 1.41. The molecule has 1 aliphatic rings. The second-order valence-electron chi connectivity index (χ2n) is 14.2. The van der Waals surface area contributed by atoms with E-state index < -0.39 is 0 Å². The van der Waals surface area contributed by atoms with E-state index in [1.807, 2.05) is 0 Å². The van der Waals surface area contributed by atoms with Crippen molar-refractivity contribution in [3.05, 3.63) is 142 Å². The average molecular weight is 558 g/mol. The highest BCUT2D eigenvalue weighted by molar-refractivity contribution is 5.45. The van der Waals surface area contributed by atoms with Crippen LogP contribution in [-0.4, -0.2) is 12.6 Å². The summed E-state index contributed by atoms with van der Waals surface area (Å²) in [5, 5.41) is 3.82. The van der Waals surface area contributed by atoms with Crippen LogP contribution < -0.4 is 5.32 Å². The van der Waals surface area contributed by atoms with Crippen LogP contribution in [0.2, 0.25) is 0 Å². The highest BCUT2D eigenvalue weighted by atomic mass is 14.9. The molecule has 0 amide bonds. The van der Waals surface area contributed by atoms with Gasteiger partial charge in [0.15, 0.2) is 0 Å². The summed E-state index contributed by atoms with van der Waals surface area (Å²) < 4.78 is 0. The summed E-state index contributed by atoms with van der Waals surface area (Å²) >= 11 is 0. The first-order valence-electron chi connectivity index (χ1n) is 16.1. The van der Waals surface area contributed by atoms with Crippen molar-refractivity contribution in [3.8, 4) is 0 Å². The van der Waals surface area contributed by atoms with Crippen LogP contribution in [0.4, 0.5) is 0 Å². The van der Waals surface area contributed by atoms with E-state index in [2.05, 4.69) is 158 Å². The second-order valence-corrected chi connectivity index (χ2v) is 14.2. The molecular weight excluding hydrogens is 506 g/mol. The topological polar surface area (TPSA) is 12.0 Å². The zero-order valence-corrected chi connectivity index (χ0v) is 27.2. The van der Waals surface area contributed by atoms with Crippen LogP contribution in [0.5, 0.6) is 0 Å². The van der Waals surface area contributed by atoms with Crippen LogP contribution in [0, 0.1) is 0 Å². The number of nitrogens with one attached hydrogen (secondary N) is 1. The van der Waals surface area contributed by atoms with Crippen molar-refractivity contribution in [2.45, 2.75) is 103 Å². The van der Waals surface area contributed by atoms with E-state index in [1.165, 1.54) is 57.3 Å². The fourth-order valence-electron chi connectivity index (χ4n) is 6.77. The number of hydrogen-bond donors (Lipinski definition) is 1. The van der Waals surface area contributed by atoms with E-state index >= 15 is 0 Å². The van der Waals surface area contributed by atoms with Gasteiger partial charge in [0.05, 0.1) is 0 Å². The first-order chi connectivity index (χ1) is 20.0. The first kappa shape index (κ1) is 30.3. The van der Waals surface area contributed by atoms with Crippen LogP contribution in [0.3, 0.4) is 0 Å². The van der Waals surface area contributed by atoms with Gasteiger partial charge in [-0.05, 0) is 75.7 Å². The third kappa shape index (κ3) is 6.13. The lowest BCUT2D eigenvalue weighted by Crippen LogP contribution is -2.30. The Kier molecular flexibility index (Phi) is 8.81. The highest BCUT2D eigenvalue weighted by Gasteiger charge is 2.30. The Bertz CT molecular complexity index is 1320. The van der Waals surface area contributed by atoms with E-state index in [0.29, 0.717) is 23.8 Å². The molecule has 1 heterocycles. The van der Waals surface area contributed by atoms with Gasteiger partial charge in [0.25, 0.3) is 0 Å². The molecule has 0 aromatic heterocycles. The van der Waals surface area contributed by atoms with Gasteiger partial charge < -0.3 is 5.32 Å². The molecule has 4 aromatic rings. The largest absolute Gasteiger partial charge is 0.313 e. The van der Waals surface area contributed by atoms with Crippen molar-refractivity contribution < 1.29 is 0 Å². The van der Waals surface area contributed by atoms with Gasteiger partial charge in [-0.3, -0.25) is 0 Å². The van der Waals surface area contributed by atoms with E-state index in [0.717, 1.165) is 6.54 Å². The quantitative estimate of drug-likeness (QED) is 0.216. The van der Waals surface area contributed by atoms with E-state index in [4.69, 9.17) is 0 Å². The van der Waals surface area contributed by atoms with Crippen molar-refractivity contribution >= 4 is 0 Å². The minimum absolute atomic E-state index is 0.0459. The second kappa shape index (κ2) is 12.2. The minimum atomic E-state index is -0.0459. The molecule has 0 bridgehead atoms. The lowest BCUT2D eigenvalue weighted by atomic mass is 9.75. The van der Waals surface area contributed by atoms with Gasteiger partial charge >= 0.3 is 0 Å². The smallest absolute Gasteiger partial charge is 0.0243 e. The molecule has 1 aliphatic heterocycles. The Labute approximate surface area is 255 Å². The molecule has 5 rings (SSSR count). The molecule has 220 valence electrons. The van der Waals surface area contributed by atoms with Crippen LogP contribution in [0.15, 0.2) is 97.1 Å². The maximum atomic E-state index is 3.82. The van der Waals surface area contributed by atoms with E-state index in [9.17, 15) is 0 Å². The Hall–Kier alpha value is -3.16. The Morgan fingerprint density at radius 1 is 0.500 bits per heavy atom. The summed E-state index contributed by atoms with van der Waals surface area (Å²) in [4.78, 5) is 0. The molecule has 1 N–H and O–H groups in total.